The van der Waals surface area contributed by atoms with Crippen LogP contribution in [0, 0.1) is 6.92 Å². The summed E-state index contributed by atoms with van der Waals surface area (Å²) in [5.74, 6) is 0. The molecule has 74 valence electrons. The highest BCUT2D eigenvalue weighted by atomic mass is 32.1. The molecule has 0 aliphatic carbocycles. The van der Waals surface area contributed by atoms with Crippen LogP contribution in [0.15, 0.2) is 12.1 Å². The van der Waals surface area contributed by atoms with Crippen molar-refractivity contribution >= 4 is 11.3 Å². The molecule has 0 aromatic carbocycles. The van der Waals surface area contributed by atoms with Gasteiger partial charge in [0.2, 0.25) is 0 Å². The molecule has 0 fully saturated rings. The quantitative estimate of drug-likeness (QED) is 0.712. The van der Waals surface area contributed by atoms with E-state index >= 15 is 0 Å². The van der Waals surface area contributed by atoms with Crippen LogP contribution in [0.5, 0.6) is 0 Å². The van der Waals surface area contributed by atoms with Crippen molar-refractivity contribution in [1.82, 2.24) is 0 Å². The molecular weight excluding hydrogens is 184 g/mol. The molecule has 1 N–H and O–H groups in total. The zero-order valence-electron chi connectivity index (χ0n) is 7.95. The van der Waals surface area contributed by atoms with E-state index in [1.54, 1.807) is 0 Å². The molecule has 1 aromatic rings. The summed E-state index contributed by atoms with van der Waals surface area (Å²) in [6.07, 6.45) is 2.13. The van der Waals surface area contributed by atoms with Crippen LogP contribution in [0.4, 0.5) is 0 Å². The summed E-state index contributed by atoms with van der Waals surface area (Å²) >= 11 is 1.85. The maximum atomic E-state index is 8.46. The van der Waals surface area contributed by atoms with Crippen molar-refractivity contribution in [2.75, 3.05) is 19.8 Å². The van der Waals surface area contributed by atoms with E-state index in [2.05, 4.69) is 19.1 Å². The van der Waals surface area contributed by atoms with Gasteiger partial charge in [0.25, 0.3) is 0 Å². The van der Waals surface area contributed by atoms with Gasteiger partial charge < -0.3 is 9.84 Å². The first-order chi connectivity index (χ1) is 6.33. The fourth-order valence-corrected chi connectivity index (χ4v) is 2.07. The number of aryl methyl sites for hydroxylation is 2. The van der Waals surface area contributed by atoms with Crippen molar-refractivity contribution in [3.63, 3.8) is 0 Å². The van der Waals surface area contributed by atoms with E-state index in [4.69, 9.17) is 9.84 Å². The van der Waals surface area contributed by atoms with Gasteiger partial charge in [-0.05, 0) is 31.9 Å². The first-order valence-corrected chi connectivity index (χ1v) is 5.38. The number of hydrogen-bond acceptors (Lipinski definition) is 3. The normalized spacial score (nSPS) is 10.6. The van der Waals surface area contributed by atoms with Crippen LogP contribution in [-0.2, 0) is 11.2 Å². The maximum absolute atomic E-state index is 8.46. The van der Waals surface area contributed by atoms with Crippen LogP contribution >= 0.6 is 11.3 Å². The number of aliphatic hydroxyl groups is 1. The Hall–Kier alpha value is -0.380. The van der Waals surface area contributed by atoms with Gasteiger partial charge in [-0.3, -0.25) is 0 Å². The topological polar surface area (TPSA) is 29.5 Å². The second kappa shape index (κ2) is 6.13. The van der Waals surface area contributed by atoms with Crippen LogP contribution < -0.4 is 0 Å². The van der Waals surface area contributed by atoms with Crippen LogP contribution in [0.25, 0.3) is 0 Å². The SMILES string of the molecule is Cc1ccc(CCCOCCO)s1. The lowest BCUT2D eigenvalue weighted by molar-refractivity contribution is 0.0910. The number of hydrogen-bond donors (Lipinski definition) is 1. The molecule has 0 atom stereocenters. The van der Waals surface area contributed by atoms with Crippen LogP contribution in [0.2, 0.25) is 0 Å². The summed E-state index contributed by atoms with van der Waals surface area (Å²) in [5, 5.41) is 8.46. The zero-order valence-corrected chi connectivity index (χ0v) is 8.77. The number of ether oxygens (including phenoxy) is 1. The monoisotopic (exact) mass is 200 g/mol. The van der Waals surface area contributed by atoms with E-state index in [0.717, 1.165) is 19.4 Å². The third-order valence-corrected chi connectivity index (χ3v) is 2.80. The van der Waals surface area contributed by atoms with E-state index in [-0.39, 0.29) is 6.61 Å². The molecule has 0 aliphatic heterocycles. The summed E-state index contributed by atoms with van der Waals surface area (Å²) in [4.78, 5) is 2.79. The van der Waals surface area contributed by atoms with Gasteiger partial charge in [-0.25, -0.2) is 0 Å². The van der Waals surface area contributed by atoms with Gasteiger partial charge in [0.1, 0.15) is 0 Å². The summed E-state index contributed by atoms with van der Waals surface area (Å²) in [6.45, 7) is 3.45. The summed E-state index contributed by atoms with van der Waals surface area (Å²) in [5.41, 5.74) is 0. The number of rotatable bonds is 6. The van der Waals surface area contributed by atoms with E-state index in [0.29, 0.717) is 6.61 Å². The molecule has 1 aromatic heterocycles. The van der Waals surface area contributed by atoms with E-state index in [9.17, 15) is 0 Å². The first kappa shape index (κ1) is 10.7. The van der Waals surface area contributed by atoms with Gasteiger partial charge >= 0.3 is 0 Å². The number of aliphatic hydroxyl groups excluding tert-OH is 1. The van der Waals surface area contributed by atoms with Gasteiger partial charge in [0.15, 0.2) is 0 Å². The second-order valence-electron chi connectivity index (χ2n) is 2.95. The average molecular weight is 200 g/mol. The minimum absolute atomic E-state index is 0.123. The Bertz CT molecular complexity index is 233. The van der Waals surface area contributed by atoms with Crippen LogP contribution in [-0.4, -0.2) is 24.9 Å². The third-order valence-electron chi connectivity index (χ3n) is 1.74. The molecule has 0 bridgehead atoms. The molecule has 2 nitrogen and oxygen atoms in total. The third kappa shape index (κ3) is 4.41. The lowest BCUT2D eigenvalue weighted by Crippen LogP contribution is -2.01. The minimum Gasteiger partial charge on any atom is -0.394 e. The fourth-order valence-electron chi connectivity index (χ4n) is 1.13. The van der Waals surface area contributed by atoms with Crippen LogP contribution in [0.3, 0.4) is 0 Å². The van der Waals surface area contributed by atoms with Gasteiger partial charge in [-0.2, -0.15) is 0 Å². The maximum Gasteiger partial charge on any atom is 0.0697 e. The Morgan fingerprint density at radius 2 is 2.23 bits per heavy atom. The molecule has 0 aliphatic rings. The second-order valence-corrected chi connectivity index (χ2v) is 4.32. The molecule has 0 unspecified atom stereocenters. The Balaban J connectivity index is 2.06. The van der Waals surface area contributed by atoms with Gasteiger partial charge in [-0.15, -0.1) is 11.3 Å². The largest absolute Gasteiger partial charge is 0.394 e. The fraction of sp³-hybridized carbons (Fsp3) is 0.600. The Morgan fingerprint density at radius 3 is 2.85 bits per heavy atom. The Morgan fingerprint density at radius 1 is 1.38 bits per heavy atom. The molecule has 0 saturated carbocycles. The zero-order chi connectivity index (χ0) is 9.52. The van der Waals surface area contributed by atoms with Crippen molar-refractivity contribution in [2.45, 2.75) is 19.8 Å². The predicted octanol–water partition coefficient (Wildman–Crippen LogP) is 2.00. The highest BCUT2D eigenvalue weighted by Gasteiger charge is 1.96. The Kier molecular flexibility index (Phi) is 5.05. The first-order valence-electron chi connectivity index (χ1n) is 4.57. The highest BCUT2D eigenvalue weighted by Crippen LogP contribution is 2.16. The lowest BCUT2D eigenvalue weighted by atomic mass is 10.3. The molecular formula is C10H16O2S. The molecule has 1 rings (SSSR count). The van der Waals surface area contributed by atoms with Crippen molar-refractivity contribution in [2.24, 2.45) is 0 Å². The molecule has 1 heterocycles. The van der Waals surface area contributed by atoms with Crippen molar-refractivity contribution in [3.05, 3.63) is 21.9 Å². The molecule has 3 heteroatoms. The average Bonchev–Trinajstić information content (AvgIpc) is 2.51. The molecule has 0 radical (unpaired) electrons. The molecule has 0 saturated heterocycles. The highest BCUT2D eigenvalue weighted by molar-refractivity contribution is 7.11. The van der Waals surface area contributed by atoms with E-state index < -0.39 is 0 Å². The smallest absolute Gasteiger partial charge is 0.0697 e. The van der Waals surface area contributed by atoms with Gasteiger partial charge in [-0.1, -0.05) is 0 Å². The lowest BCUT2D eigenvalue weighted by Gasteiger charge is -2.00. The van der Waals surface area contributed by atoms with Crippen molar-refractivity contribution in [3.8, 4) is 0 Å². The summed E-state index contributed by atoms with van der Waals surface area (Å²) in [6, 6.07) is 4.32. The van der Waals surface area contributed by atoms with E-state index in [1.807, 2.05) is 11.3 Å². The van der Waals surface area contributed by atoms with Crippen molar-refractivity contribution in [1.29, 1.82) is 0 Å². The Labute approximate surface area is 83.2 Å². The van der Waals surface area contributed by atoms with Gasteiger partial charge in [0, 0.05) is 16.4 Å². The standard InChI is InChI=1S/C10H16O2S/c1-9-4-5-10(13-9)3-2-7-12-8-6-11/h4-5,11H,2-3,6-8H2,1H3. The molecule has 0 spiro atoms. The summed E-state index contributed by atoms with van der Waals surface area (Å²) in [7, 11) is 0. The summed E-state index contributed by atoms with van der Waals surface area (Å²) < 4.78 is 5.17. The predicted molar refractivity (Wildman–Crippen MR) is 55.3 cm³/mol. The minimum atomic E-state index is 0.123. The van der Waals surface area contributed by atoms with Gasteiger partial charge in [0.05, 0.1) is 13.2 Å². The number of thiophene rings is 1. The molecule has 0 amide bonds. The van der Waals surface area contributed by atoms with Crippen molar-refractivity contribution < 1.29 is 9.84 Å². The molecule has 13 heavy (non-hydrogen) atoms. The van der Waals surface area contributed by atoms with Crippen LogP contribution in [0.1, 0.15) is 16.2 Å². The van der Waals surface area contributed by atoms with E-state index in [1.165, 1.54) is 9.75 Å².